The van der Waals surface area contributed by atoms with Crippen molar-refractivity contribution in [3.05, 3.63) is 65.5 Å². The number of benzene rings is 2. The lowest BCUT2D eigenvalue weighted by Gasteiger charge is -2.13. The largest absolute Gasteiger partial charge is 0.321 e. The number of hydrogen-bond donors (Lipinski definition) is 1. The van der Waals surface area contributed by atoms with Crippen molar-refractivity contribution in [1.82, 2.24) is 0 Å². The van der Waals surface area contributed by atoms with Gasteiger partial charge in [0.05, 0.1) is 0 Å². The fourth-order valence-corrected chi connectivity index (χ4v) is 1.99. The molecule has 1 atom stereocenters. The van der Waals surface area contributed by atoms with Gasteiger partial charge in [-0.05, 0) is 35.7 Å². The second kappa shape index (κ2) is 6.43. The molecule has 0 saturated heterocycles. The van der Waals surface area contributed by atoms with Crippen LogP contribution in [0, 0.1) is 17.5 Å². The number of para-hydroxylation sites is 1. The molecule has 2 rings (SSSR count). The Labute approximate surface area is 120 Å². The van der Waals surface area contributed by atoms with Crippen molar-refractivity contribution in [2.24, 2.45) is 0 Å². The summed E-state index contributed by atoms with van der Waals surface area (Å²) >= 11 is 0. The van der Waals surface area contributed by atoms with E-state index in [4.69, 9.17) is 0 Å². The van der Waals surface area contributed by atoms with E-state index in [9.17, 15) is 18.0 Å². The fraction of sp³-hybridized carbons (Fsp3) is 0.188. The third-order valence-electron chi connectivity index (χ3n) is 3.16. The van der Waals surface area contributed by atoms with Crippen LogP contribution in [0.1, 0.15) is 24.8 Å². The van der Waals surface area contributed by atoms with Gasteiger partial charge in [0, 0.05) is 6.42 Å². The van der Waals surface area contributed by atoms with Gasteiger partial charge < -0.3 is 5.32 Å². The summed E-state index contributed by atoms with van der Waals surface area (Å²) in [5, 5.41) is 2.23. The number of anilines is 1. The molecule has 0 radical (unpaired) electrons. The molecule has 0 aromatic heterocycles. The first-order valence-electron chi connectivity index (χ1n) is 6.46. The smallest absolute Gasteiger partial charge is 0.225 e. The minimum absolute atomic E-state index is 0.0411. The van der Waals surface area contributed by atoms with Crippen LogP contribution in [-0.4, -0.2) is 5.91 Å². The summed E-state index contributed by atoms with van der Waals surface area (Å²) in [6, 6.07) is 9.14. The van der Waals surface area contributed by atoms with E-state index in [0.717, 1.165) is 17.7 Å². The predicted molar refractivity (Wildman–Crippen MR) is 74.4 cm³/mol. The number of nitrogens with one attached hydrogen (secondary N) is 1. The van der Waals surface area contributed by atoms with Crippen molar-refractivity contribution in [2.45, 2.75) is 19.3 Å². The Balaban J connectivity index is 2.03. The monoisotopic (exact) mass is 293 g/mol. The number of carbonyl (C=O) groups is 1. The van der Waals surface area contributed by atoms with Gasteiger partial charge in [0.25, 0.3) is 0 Å². The normalized spacial score (nSPS) is 12.0. The maximum absolute atomic E-state index is 13.4. The van der Waals surface area contributed by atoms with Crippen molar-refractivity contribution >= 4 is 11.6 Å². The molecule has 0 aliphatic heterocycles. The van der Waals surface area contributed by atoms with E-state index in [1.807, 2.05) is 0 Å². The summed E-state index contributed by atoms with van der Waals surface area (Å²) in [5.74, 6) is -2.70. The zero-order chi connectivity index (χ0) is 15.4. The summed E-state index contributed by atoms with van der Waals surface area (Å²) in [7, 11) is 0. The van der Waals surface area contributed by atoms with Crippen molar-refractivity contribution in [3.8, 4) is 0 Å². The molecule has 0 bridgehead atoms. The number of rotatable bonds is 4. The highest BCUT2D eigenvalue weighted by atomic mass is 19.1. The van der Waals surface area contributed by atoms with E-state index < -0.39 is 23.2 Å². The SMILES string of the molecule is CC(CC(=O)Nc1c(F)cccc1F)c1ccc(F)cc1. The molecule has 5 heteroatoms. The highest BCUT2D eigenvalue weighted by molar-refractivity contribution is 5.91. The summed E-state index contributed by atoms with van der Waals surface area (Å²) in [6.45, 7) is 1.78. The number of hydrogen-bond acceptors (Lipinski definition) is 1. The van der Waals surface area contributed by atoms with Crippen LogP contribution in [0.25, 0.3) is 0 Å². The van der Waals surface area contributed by atoms with Crippen LogP contribution in [0.2, 0.25) is 0 Å². The van der Waals surface area contributed by atoms with E-state index in [2.05, 4.69) is 5.32 Å². The molecule has 2 aromatic rings. The zero-order valence-electron chi connectivity index (χ0n) is 11.4. The van der Waals surface area contributed by atoms with Crippen molar-refractivity contribution in [2.75, 3.05) is 5.32 Å². The topological polar surface area (TPSA) is 29.1 Å². The first-order valence-corrected chi connectivity index (χ1v) is 6.46. The third-order valence-corrected chi connectivity index (χ3v) is 3.16. The van der Waals surface area contributed by atoms with Gasteiger partial charge in [-0.1, -0.05) is 25.1 Å². The van der Waals surface area contributed by atoms with E-state index >= 15 is 0 Å². The number of halogens is 3. The Bertz CT molecular complexity index is 620. The Hall–Kier alpha value is -2.30. The highest BCUT2D eigenvalue weighted by Crippen LogP contribution is 2.22. The van der Waals surface area contributed by atoms with Gasteiger partial charge in [0.15, 0.2) is 0 Å². The molecule has 1 amide bonds. The van der Waals surface area contributed by atoms with Gasteiger partial charge in [-0.25, -0.2) is 13.2 Å². The molecule has 0 aliphatic rings. The van der Waals surface area contributed by atoms with Crippen LogP contribution in [0.3, 0.4) is 0 Å². The number of amides is 1. The van der Waals surface area contributed by atoms with Gasteiger partial charge >= 0.3 is 0 Å². The van der Waals surface area contributed by atoms with E-state index in [1.54, 1.807) is 19.1 Å². The van der Waals surface area contributed by atoms with Crippen LogP contribution in [0.4, 0.5) is 18.9 Å². The molecule has 0 spiro atoms. The highest BCUT2D eigenvalue weighted by Gasteiger charge is 2.15. The molecular formula is C16H14F3NO. The Morgan fingerprint density at radius 1 is 1.05 bits per heavy atom. The summed E-state index contributed by atoms with van der Waals surface area (Å²) in [4.78, 5) is 11.8. The van der Waals surface area contributed by atoms with Crippen LogP contribution < -0.4 is 5.32 Å². The summed E-state index contributed by atoms with van der Waals surface area (Å²) in [6.07, 6.45) is 0.0411. The third kappa shape index (κ3) is 3.84. The Kier molecular flexibility index (Phi) is 4.62. The molecule has 1 unspecified atom stereocenters. The van der Waals surface area contributed by atoms with Gasteiger partial charge in [0.1, 0.15) is 23.1 Å². The van der Waals surface area contributed by atoms with Crippen LogP contribution >= 0.6 is 0 Å². The molecule has 1 N–H and O–H groups in total. The lowest BCUT2D eigenvalue weighted by molar-refractivity contribution is -0.116. The molecule has 0 heterocycles. The quantitative estimate of drug-likeness (QED) is 0.897. The first kappa shape index (κ1) is 15.1. The van der Waals surface area contributed by atoms with Crippen molar-refractivity contribution in [1.29, 1.82) is 0 Å². The van der Waals surface area contributed by atoms with Crippen LogP contribution in [0.15, 0.2) is 42.5 Å². The first-order chi connectivity index (χ1) is 9.97. The standard InChI is InChI=1S/C16H14F3NO/c1-10(11-5-7-12(17)8-6-11)9-15(21)20-16-13(18)3-2-4-14(16)19/h2-8,10H,9H2,1H3,(H,20,21). The second-order valence-electron chi connectivity index (χ2n) is 4.80. The minimum Gasteiger partial charge on any atom is -0.321 e. The molecule has 21 heavy (non-hydrogen) atoms. The maximum Gasteiger partial charge on any atom is 0.225 e. The molecule has 110 valence electrons. The van der Waals surface area contributed by atoms with Gasteiger partial charge in [-0.2, -0.15) is 0 Å². The van der Waals surface area contributed by atoms with Crippen molar-refractivity contribution < 1.29 is 18.0 Å². The maximum atomic E-state index is 13.4. The molecule has 2 nitrogen and oxygen atoms in total. The second-order valence-corrected chi connectivity index (χ2v) is 4.80. The van der Waals surface area contributed by atoms with Gasteiger partial charge in [-0.3, -0.25) is 4.79 Å². The minimum atomic E-state index is -0.821. The molecule has 0 aliphatic carbocycles. The average molecular weight is 293 g/mol. The Morgan fingerprint density at radius 3 is 2.19 bits per heavy atom. The molecular weight excluding hydrogens is 279 g/mol. The fourth-order valence-electron chi connectivity index (χ4n) is 1.99. The number of carbonyl (C=O) groups excluding carboxylic acids is 1. The van der Waals surface area contributed by atoms with Crippen LogP contribution in [0.5, 0.6) is 0 Å². The van der Waals surface area contributed by atoms with Crippen LogP contribution in [-0.2, 0) is 4.79 Å². The molecule has 0 fully saturated rings. The lowest BCUT2D eigenvalue weighted by atomic mass is 9.97. The Morgan fingerprint density at radius 2 is 1.62 bits per heavy atom. The van der Waals surface area contributed by atoms with Gasteiger partial charge in [0.2, 0.25) is 5.91 Å². The molecule has 2 aromatic carbocycles. The summed E-state index contributed by atoms with van der Waals surface area (Å²) < 4.78 is 39.7. The molecule has 0 saturated carbocycles. The van der Waals surface area contributed by atoms with E-state index in [-0.39, 0.29) is 18.2 Å². The zero-order valence-corrected chi connectivity index (χ0v) is 11.4. The van der Waals surface area contributed by atoms with Gasteiger partial charge in [-0.15, -0.1) is 0 Å². The average Bonchev–Trinajstić information content (AvgIpc) is 2.43. The summed E-state index contributed by atoms with van der Waals surface area (Å²) in [5.41, 5.74) is 0.328. The predicted octanol–water partition coefficient (Wildman–Crippen LogP) is 4.24. The van der Waals surface area contributed by atoms with E-state index in [1.165, 1.54) is 18.2 Å². The van der Waals surface area contributed by atoms with Crippen molar-refractivity contribution in [3.63, 3.8) is 0 Å². The lowest BCUT2D eigenvalue weighted by Crippen LogP contribution is -2.16. The van der Waals surface area contributed by atoms with E-state index in [0.29, 0.717) is 0 Å².